The van der Waals surface area contributed by atoms with E-state index in [1.165, 1.54) is 12.1 Å². The van der Waals surface area contributed by atoms with Crippen molar-refractivity contribution < 1.29 is 8.78 Å². The molecule has 0 unspecified atom stereocenters. The molecule has 1 aromatic heterocycles. The Hall–Kier alpha value is -2.41. The third kappa shape index (κ3) is 2.80. The number of halogens is 2. The molecule has 22 heavy (non-hydrogen) atoms. The summed E-state index contributed by atoms with van der Waals surface area (Å²) in [6.07, 6.45) is 0. The molecule has 2 N–H and O–H groups in total. The lowest BCUT2D eigenvalue weighted by Gasteiger charge is -2.08. The van der Waals surface area contributed by atoms with Crippen LogP contribution in [0.4, 0.5) is 8.78 Å². The van der Waals surface area contributed by atoms with Crippen molar-refractivity contribution in [2.75, 3.05) is 5.84 Å². The van der Waals surface area contributed by atoms with Gasteiger partial charge in [-0.3, -0.25) is 4.79 Å². The van der Waals surface area contributed by atoms with Crippen molar-refractivity contribution in [1.82, 2.24) is 9.66 Å². The van der Waals surface area contributed by atoms with Gasteiger partial charge in [0, 0.05) is 11.8 Å². The van der Waals surface area contributed by atoms with Crippen molar-refractivity contribution in [3.05, 3.63) is 70.0 Å². The van der Waals surface area contributed by atoms with Gasteiger partial charge in [-0.1, -0.05) is 23.9 Å². The van der Waals surface area contributed by atoms with E-state index in [9.17, 15) is 13.6 Å². The number of hydrogen-bond donors (Lipinski definition) is 1. The largest absolute Gasteiger partial charge is 0.334 e. The predicted molar refractivity (Wildman–Crippen MR) is 82.1 cm³/mol. The molecule has 7 heteroatoms. The molecule has 0 amide bonds. The van der Waals surface area contributed by atoms with E-state index in [0.29, 0.717) is 16.5 Å². The van der Waals surface area contributed by atoms with E-state index < -0.39 is 11.6 Å². The summed E-state index contributed by atoms with van der Waals surface area (Å²) in [6, 6.07) is 10.1. The van der Waals surface area contributed by atoms with Crippen molar-refractivity contribution in [3.8, 4) is 0 Å². The molecule has 4 nitrogen and oxygen atoms in total. The molecule has 0 aliphatic rings. The molecule has 2 aromatic carbocycles. The number of nitrogens with zero attached hydrogens (tertiary/aromatic N) is 2. The Bertz CT molecular complexity index is 891. The minimum Gasteiger partial charge on any atom is -0.334 e. The molecule has 3 rings (SSSR count). The summed E-state index contributed by atoms with van der Waals surface area (Å²) >= 11 is 1.14. The Kier molecular flexibility index (Phi) is 3.81. The minimum atomic E-state index is -0.646. The van der Waals surface area contributed by atoms with Gasteiger partial charge in [-0.25, -0.2) is 18.4 Å². The quantitative estimate of drug-likeness (QED) is 0.458. The van der Waals surface area contributed by atoms with Crippen molar-refractivity contribution >= 4 is 22.7 Å². The second-order valence-corrected chi connectivity index (χ2v) is 5.60. The maximum Gasteiger partial charge on any atom is 0.280 e. The smallest absolute Gasteiger partial charge is 0.280 e. The molecular weight excluding hydrogens is 308 g/mol. The third-order valence-corrected chi connectivity index (χ3v) is 4.09. The monoisotopic (exact) mass is 319 g/mol. The maximum absolute atomic E-state index is 13.2. The first-order valence-electron chi connectivity index (χ1n) is 6.39. The first-order valence-corrected chi connectivity index (χ1v) is 7.38. The van der Waals surface area contributed by atoms with Crippen LogP contribution in [0.15, 0.2) is 52.4 Å². The number of fused-ring (bicyclic) bond motifs is 1. The Labute approximate surface area is 128 Å². The van der Waals surface area contributed by atoms with E-state index in [2.05, 4.69) is 4.98 Å². The fourth-order valence-electron chi connectivity index (χ4n) is 2.07. The Balaban J connectivity index is 1.94. The highest BCUT2D eigenvalue weighted by atomic mass is 32.2. The van der Waals surface area contributed by atoms with Crippen molar-refractivity contribution in [2.45, 2.75) is 10.9 Å². The second-order valence-electron chi connectivity index (χ2n) is 4.65. The van der Waals surface area contributed by atoms with Crippen molar-refractivity contribution in [1.29, 1.82) is 0 Å². The number of hydrogen-bond acceptors (Lipinski definition) is 4. The zero-order valence-electron chi connectivity index (χ0n) is 11.3. The molecule has 0 radical (unpaired) electrons. The van der Waals surface area contributed by atoms with Crippen LogP contribution in [0.5, 0.6) is 0 Å². The number of thioether (sulfide) groups is 1. The number of nitrogens with two attached hydrogens (primary N) is 1. The second kappa shape index (κ2) is 5.76. The lowest BCUT2D eigenvalue weighted by Crippen LogP contribution is -2.29. The SMILES string of the molecule is Nn1c(SCc2cc(F)cc(F)c2)nc2ccccc2c1=O. The van der Waals surface area contributed by atoms with Gasteiger partial charge in [0.15, 0.2) is 5.16 Å². The van der Waals surface area contributed by atoms with Gasteiger partial charge in [0.25, 0.3) is 5.56 Å². The van der Waals surface area contributed by atoms with Gasteiger partial charge in [-0.05, 0) is 29.8 Å². The number of para-hydroxylation sites is 1. The highest BCUT2D eigenvalue weighted by molar-refractivity contribution is 7.98. The average molecular weight is 319 g/mol. The van der Waals surface area contributed by atoms with E-state index in [1.807, 2.05) is 0 Å². The van der Waals surface area contributed by atoms with E-state index >= 15 is 0 Å². The van der Waals surface area contributed by atoms with Crippen LogP contribution in [0.1, 0.15) is 5.56 Å². The molecule has 0 fully saturated rings. The van der Waals surface area contributed by atoms with E-state index in [0.717, 1.165) is 22.5 Å². The summed E-state index contributed by atoms with van der Waals surface area (Å²) < 4.78 is 27.3. The van der Waals surface area contributed by atoms with Crippen LogP contribution in [0.2, 0.25) is 0 Å². The average Bonchev–Trinajstić information content (AvgIpc) is 2.48. The molecule has 3 aromatic rings. The summed E-state index contributed by atoms with van der Waals surface area (Å²) in [6.45, 7) is 0. The highest BCUT2D eigenvalue weighted by Crippen LogP contribution is 2.22. The number of nitrogen functional groups attached to an aromatic ring is 1. The van der Waals surface area contributed by atoms with Crippen LogP contribution in [-0.4, -0.2) is 9.66 Å². The standard InChI is InChI=1S/C15H11F2N3OS/c16-10-5-9(6-11(17)7-10)8-22-15-19-13-4-2-1-3-12(13)14(21)20(15)18/h1-7H,8,18H2. The molecule has 0 aliphatic heterocycles. The number of benzene rings is 2. The van der Waals surface area contributed by atoms with E-state index in [4.69, 9.17) is 5.84 Å². The van der Waals surface area contributed by atoms with Crippen molar-refractivity contribution in [3.63, 3.8) is 0 Å². The Morgan fingerprint density at radius 1 is 1.14 bits per heavy atom. The van der Waals surface area contributed by atoms with E-state index in [-0.39, 0.29) is 16.5 Å². The molecule has 0 atom stereocenters. The molecule has 0 aliphatic carbocycles. The summed E-state index contributed by atoms with van der Waals surface area (Å²) in [4.78, 5) is 16.4. The van der Waals surface area contributed by atoms with E-state index in [1.54, 1.807) is 24.3 Å². The lowest BCUT2D eigenvalue weighted by atomic mass is 10.2. The van der Waals surface area contributed by atoms with Crippen LogP contribution in [0, 0.1) is 11.6 Å². The van der Waals surface area contributed by atoms with Gasteiger partial charge in [0.1, 0.15) is 11.6 Å². The summed E-state index contributed by atoms with van der Waals surface area (Å²) in [5.74, 6) is 4.70. The Morgan fingerprint density at radius 2 is 1.82 bits per heavy atom. The highest BCUT2D eigenvalue weighted by Gasteiger charge is 2.10. The van der Waals surface area contributed by atoms with Gasteiger partial charge in [-0.2, -0.15) is 0 Å². The lowest BCUT2D eigenvalue weighted by molar-refractivity contribution is 0.581. The number of aromatic nitrogens is 2. The van der Waals surface area contributed by atoms with Crippen LogP contribution in [0.3, 0.4) is 0 Å². The first kappa shape index (κ1) is 14.5. The van der Waals surface area contributed by atoms with Crippen molar-refractivity contribution in [2.24, 2.45) is 0 Å². The fourth-order valence-corrected chi connectivity index (χ4v) is 2.92. The van der Waals surface area contributed by atoms with Gasteiger partial charge < -0.3 is 5.84 Å². The summed E-state index contributed by atoms with van der Waals surface area (Å²) in [7, 11) is 0. The Morgan fingerprint density at radius 3 is 2.55 bits per heavy atom. The number of rotatable bonds is 3. The summed E-state index contributed by atoms with van der Waals surface area (Å²) in [5, 5.41) is 0.708. The van der Waals surface area contributed by atoms with Crippen LogP contribution < -0.4 is 11.4 Å². The normalized spacial score (nSPS) is 11.0. The molecule has 0 spiro atoms. The zero-order valence-corrected chi connectivity index (χ0v) is 12.1. The van der Waals surface area contributed by atoms with Gasteiger partial charge in [-0.15, -0.1) is 0 Å². The molecule has 1 heterocycles. The minimum absolute atomic E-state index is 0.247. The molecule has 0 saturated heterocycles. The van der Waals surface area contributed by atoms with Crippen LogP contribution in [0.25, 0.3) is 10.9 Å². The maximum atomic E-state index is 13.2. The van der Waals surface area contributed by atoms with Crippen LogP contribution >= 0.6 is 11.8 Å². The topological polar surface area (TPSA) is 60.9 Å². The zero-order chi connectivity index (χ0) is 15.7. The predicted octanol–water partition coefficient (Wildman–Crippen LogP) is 2.68. The molecule has 0 saturated carbocycles. The molecule has 112 valence electrons. The van der Waals surface area contributed by atoms with Crippen LogP contribution in [-0.2, 0) is 5.75 Å². The summed E-state index contributed by atoms with van der Waals surface area (Å²) in [5.41, 5.74) is 0.616. The fraction of sp³-hybridized carbons (Fsp3) is 0.0667. The van der Waals surface area contributed by atoms with Gasteiger partial charge >= 0.3 is 0 Å². The van der Waals surface area contributed by atoms with Gasteiger partial charge in [0.05, 0.1) is 10.9 Å². The third-order valence-electron chi connectivity index (χ3n) is 3.07. The first-order chi connectivity index (χ1) is 10.5. The van der Waals surface area contributed by atoms with Gasteiger partial charge in [0.2, 0.25) is 0 Å². The molecular formula is C15H11F2N3OS. The molecule has 0 bridgehead atoms.